The lowest BCUT2D eigenvalue weighted by molar-refractivity contribution is 0.411. The molecule has 6 heteroatoms. The third-order valence-corrected chi connectivity index (χ3v) is 4.91. The van der Waals surface area contributed by atoms with Crippen LogP contribution in [0.2, 0.25) is 5.02 Å². The Morgan fingerprint density at radius 2 is 2.00 bits per heavy atom. The van der Waals surface area contributed by atoms with Crippen LogP contribution in [-0.2, 0) is 12.3 Å². The number of methoxy groups -OCH3 is 1. The van der Waals surface area contributed by atoms with Crippen molar-refractivity contribution in [3.8, 4) is 17.1 Å². The Bertz CT molecular complexity index is 864. The topological polar surface area (TPSA) is 39.9 Å². The molecule has 1 heterocycles. The second kappa shape index (κ2) is 8.23. The van der Waals surface area contributed by atoms with Gasteiger partial charge in [-0.2, -0.15) is 0 Å². The van der Waals surface area contributed by atoms with Crippen LogP contribution in [0.4, 0.5) is 0 Å². The summed E-state index contributed by atoms with van der Waals surface area (Å²) in [4.78, 5) is 0. The van der Waals surface area contributed by atoms with E-state index in [-0.39, 0.29) is 0 Å². The maximum atomic E-state index is 6.11. The van der Waals surface area contributed by atoms with E-state index in [0.29, 0.717) is 17.3 Å². The van der Waals surface area contributed by atoms with Crippen LogP contribution in [0, 0.1) is 0 Å². The number of thioether (sulfide) groups is 1. The zero-order chi connectivity index (χ0) is 17.6. The normalized spacial score (nSPS) is 10.6. The Labute approximate surface area is 156 Å². The summed E-state index contributed by atoms with van der Waals surface area (Å²) in [5, 5.41) is 10.2. The molecule has 0 aliphatic rings. The van der Waals surface area contributed by atoms with Gasteiger partial charge in [0.2, 0.25) is 0 Å². The highest BCUT2D eigenvalue weighted by Crippen LogP contribution is 2.31. The fourth-order valence-electron chi connectivity index (χ4n) is 2.49. The minimum absolute atomic E-state index is 0.645. The van der Waals surface area contributed by atoms with Gasteiger partial charge in [-0.15, -0.1) is 16.8 Å². The Hall–Kier alpha value is -2.24. The number of allylic oxidation sites excluding steroid dienone is 1. The zero-order valence-corrected chi connectivity index (χ0v) is 15.4. The van der Waals surface area contributed by atoms with E-state index in [4.69, 9.17) is 16.3 Å². The predicted octanol–water partition coefficient (Wildman–Crippen LogP) is 5.09. The van der Waals surface area contributed by atoms with E-state index in [2.05, 4.69) is 21.3 Å². The molecule has 2 aromatic carbocycles. The molecule has 3 rings (SSSR count). The summed E-state index contributed by atoms with van der Waals surface area (Å²) >= 11 is 7.71. The molecular weight excluding hydrogens is 354 g/mol. The van der Waals surface area contributed by atoms with Crippen molar-refractivity contribution >= 4 is 23.4 Å². The minimum Gasteiger partial charge on any atom is -0.496 e. The highest BCUT2D eigenvalue weighted by atomic mass is 35.5. The van der Waals surface area contributed by atoms with Gasteiger partial charge in [-0.3, -0.25) is 4.57 Å². The van der Waals surface area contributed by atoms with Gasteiger partial charge in [0.1, 0.15) is 5.75 Å². The largest absolute Gasteiger partial charge is 0.496 e. The van der Waals surface area contributed by atoms with Crippen molar-refractivity contribution in [1.29, 1.82) is 0 Å². The minimum atomic E-state index is 0.645. The van der Waals surface area contributed by atoms with Crippen molar-refractivity contribution in [1.82, 2.24) is 14.8 Å². The summed E-state index contributed by atoms with van der Waals surface area (Å²) in [6.07, 6.45) is 1.85. The number of aromatic nitrogens is 3. The molecule has 0 spiro atoms. The first-order valence-corrected chi connectivity index (χ1v) is 9.14. The van der Waals surface area contributed by atoms with Gasteiger partial charge in [0.05, 0.1) is 7.11 Å². The average Bonchev–Trinajstić information content (AvgIpc) is 3.04. The quantitative estimate of drug-likeness (QED) is 0.428. The highest BCUT2D eigenvalue weighted by molar-refractivity contribution is 7.98. The van der Waals surface area contributed by atoms with Crippen LogP contribution >= 0.6 is 23.4 Å². The molecule has 128 valence electrons. The summed E-state index contributed by atoms with van der Waals surface area (Å²) in [7, 11) is 1.66. The molecule has 0 unspecified atom stereocenters. The van der Waals surface area contributed by atoms with Gasteiger partial charge in [0.15, 0.2) is 11.0 Å². The number of ether oxygens (including phenoxy) is 1. The van der Waals surface area contributed by atoms with Crippen molar-refractivity contribution in [3.05, 3.63) is 71.8 Å². The highest BCUT2D eigenvalue weighted by Gasteiger charge is 2.14. The van der Waals surface area contributed by atoms with Crippen molar-refractivity contribution in [2.75, 3.05) is 7.11 Å². The molecule has 0 atom stereocenters. The van der Waals surface area contributed by atoms with Crippen LogP contribution in [0.25, 0.3) is 11.4 Å². The molecule has 0 bridgehead atoms. The third-order valence-electron chi connectivity index (χ3n) is 3.66. The van der Waals surface area contributed by atoms with E-state index in [1.807, 2.05) is 54.6 Å². The van der Waals surface area contributed by atoms with Crippen LogP contribution in [0.15, 0.2) is 66.3 Å². The van der Waals surface area contributed by atoms with Gasteiger partial charge < -0.3 is 4.74 Å². The number of hydrogen-bond donors (Lipinski definition) is 0. The van der Waals surface area contributed by atoms with Crippen LogP contribution < -0.4 is 4.74 Å². The molecule has 0 aliphatic carbocycles. The molecule has 0 N–H and O–H groups in total. The molecule has 0 saturated heterocycles. The lowest BCUT2D eigenvalue weighted by Crippen LogP contribution is -2.01. The van der Waals surface area contributed by atoms with Crippen LogP contribution in [0.1, 0.15) is 5.56 Å². The average molecular weight is 372 g/mol. The van der Waals surface area contributed by atoms with Crippen LogP contribution in [0.3, 0.4) is 0 Å². The Morgan fingerprint density at radius 1 is 1.20 bits per heavy atom. The van der Waals surface area contributed by atoms with Gasteiger partial charge in [0.25, 0.3) is 0 Å². The van der Waals surface area contributed by atoms with Crippen molar-refractivity contribution in [2.45, 2.75) is 17.5 Å². The summed E-state index contributed by atoms with van der Waals surface area (Å²) in [5.74, 6) is 2.34. The smallest absolute Gasteiger partial charge is 0.192 e. The maximum Gasteiger partial charge on any atom is 0.192 e. The standard InChI is InChI=1S/C19H18ClN3OS/c1-3-11-23-18(14-7-5-4-6-8-14)21-22-19(23)25-13-15-12-16(20)9-10-17(15)24-2/h3-10,12H,1,11,13H2,2H3. The molecule has 3 aromatic rings. The number of nitrogens with zero attached hydrogens (tertiary/aromatic N) is 3. The summed E-state index contributed by atoms with van der Waals surface area (Å²) in [5.41, 5.74) is 2.05. The summed E-state index contributed by atoms with van der Waals surface area (Å²) in [6.45, 7) is 4.49. The molecule has 0 radical (unpaired) electrons. The van der Waals surface area contributed by atoms with E-state index in [9.17, 15) is 0 Å². The number of rotatable bonds is 7. The number of hydrogen-bond acceptors (Lipinski definition) is 4. The molecule has 0 saturated carbocycles. The van der Waals surface area contributed by atoms with E-state index in [1.54, 1.807) is 18.9 Å². The monoisotopic (exact) mass is 371 g/mol. The zero-order valence-electron chi connectivity index (χ0n) is 13.9. The van der Waals surface area contributed by atoms with Gasteiger partial charge in [-0.05, 0) is 18.2 Å². The van der Waals surface area contributed by atoms with Crippen LogP contribution in [0.5, 0.6) is 5.75 Å². The fourth-order valence-corrected chi connectivity index (χ4v) is 3.61. The van der Waals surface area contributed by atoms with Crippen LogP contribution in [-0.4, -0.2) is 21.9 Å². The molecule has 1 aromatic heterocycles. The molecule has 0 fully saturated rings. The van der Waals surface area contributed by atoms with Gasteiger partial charge in [-0.25, -0.2) is 0 Å². The Kier molecular flexibility index (Phi) is 5.79. The third kappa shape index (κ3) is 4.06. The van der Waals surface area contributed by atoms with Crippen molar-refractivity contribution < 1.29 is 4.74 Å². The van der Waals surface area contributed by atoms with Crippen molar-refractivity contribution in [3.63, 3.8) is 0 Å². The second-order valence-electron chi connectivity index (χ2n) is 5.32. The Balaban J connectivity index is 1.87. The predicted molar refractivity (Wildman–Crippen MR) is 103 cm³/mol. The van der Waals surface area contributed by atoms with E-state index in [1.165, 1.54) is 0 Å². The van der Waals surface area contributed by atoms with E-state index < -0.39 is 0 Å². The fraction of sp³-hybridized carbons (Fsp3) is 0.158. The molecule has 25 heavy (non-hydrogen) atoms. The summed E-state index contributed by atoms with van der Waals surface area (Å²) in [6, 6.07) is 15.6. The van der Waals surface area contributed by atoms with E-state index in [0.717, 1.165) is 27.9 Å². The van der Waals surface area contributed by atoms with E-state index >= 15 is 0 Å². The first-order valence-electron chi connectivity index (χ1n) is 7.77. The molecule has 0 aliphatic heterocycles. The molecule has 0 amide bonds. The van der Waals surface area contributed by atoms with Gasteiger partial charge in [-0.1, -0.05) is 59.8 Å². The molecule has 4 nitrogen and oxygen atoms in total. The second-order valence-corrected chi connectivity index (χ2v) is 6.70. The Morgan fingerprint density at radius 3 is 2.72 bits per heavy atom. The number of benzene rings is 2. The van der Waals surface area contributed by atoms with Gasteiger partial charge in [0, 0.05) is 28.4 Å². The lowest BCUT2D eigenvalue weighted by atomic mass is 10.2. The first-order chi connectivity index (χ1) is 12.2. The van der Waals surface area contributed by atoms with Crippen molar-refractivity contribution in [2.24, 2.45) is 0 Å². The van der Waals surface area contributed by atoms with Gasteiger partial charge >= 0.3 is 0 Å². The SMILES string of the molecule is C=CCn1c(SCc2cc(Cl)ccc2OC)nnc1-c1ccccc1. The molecular formula is C19H18ClN3OS. The maximum absolute atomic E-state index is 6.11. The number of halogens is 1. The first kappa shape index (κ1) is 17.6. The summed E-state index contributed by atoms with van der Waals surface area (Å²) < 4.78 is 7.47. The lowest BCUT2D eigenvalue weighted by Gasteiger charge is -2.10.